The molecule has 8 aromatic carbocycles. The van der Waals surface area contributed by atoms with Crippen molar-refractivity contribution in [2.24, 2.45) is 0 Å². The fourth-order valence-corrected chi connectivity index (χ4v) is 8.85. The van der Waals surface area contributed by atoms with Crippen molar-refractivity contribution < 1.29 is 0 Å². The molecule has 0 atom stereocenters. The number of para-hydroxylation sites is 1. The van der Waals surface area contributed by atoms with Crippen molar-refractivity contribution in [1.82, 2.24) is 0 Å². The van der Waals surface area contributed by atoms with Crippen LogP contribution < -0.4 is 4.90 Å². The Bertz CT molecular complexity index is 2730. The van der Waals surface area contributed by atoms with Crippen molar-refractivity contribution in [2.75, 3.05) is 4.90 Å². The van der Waals surface area contributed by atoms with Gasteiger partial charge in [0, 0.05) is 21.3 Å². The number of anilines is 3. The van der Waals surface area contributed by atoms with Gasteiger partial charge in [-0.1, -0.05) is 109 Å². The number of benzene rings is 8. The van der Waals surface area contributed by atoms with Gasteiger partial charge in [0.15, 0.2) is 0 Å². The molecule has 3 heteroatoms. The van der Waals surface area contributed by atoms with Crippen molar-refractivity contribution in [3.63, 3.8) is 0 Å². The summed E-state index contributed by atoms with van der Waals surface area (Å²) in [6.45, 7) is 8.96. The zero-order chi connectivity index (χ0) is 35.0. The molecule has 0 spiro atoms. The Morgan fingerprint density at radius 2 is 1.20 bits per heavy atom. The molecule has 0 saturated carbocycles. The van der Waals surface area contributed by atoms with E-state index in [1.807, 2.05) is 12.1 Å². The van der Waals surface area contributed by atoms with Crippen LogP contribution in [0.5, 0.6) is 0 Å². The molecule has 0 saturated heterocycles. The van der Waals surface area contributed by atoms with Crippen LogP contribution in [-0.4, -0.2) is 0 Å². The SMILES string of the molecule is Cc1cc(C#N)cc(C)c1N(c1ccccc1)c1ccc2c(c1)C(C)(C)c1cccc3c1c-2cc1c2ccccc2c(-c2ccc(Br)cc2)cc31. The standard InChI is InChI=1S/C48H35BrN2/c1-29-23-31(28-50)24-30(2)47(29)51(34-11-6-5-7-12-34)35-21-22-38-43-27-41-37-14-9-8-13-36(37)40(32-17-19-33(49)20-18-32)26-42(41)39-15-10-16-44(46(39)43)48(3,4)45(38)25-35/h5-27H,1-4H3. The lowest BCUT2D eigenvalue weighted by molar-refractivity contribution is 0.645. The quantitative estimate of drug-likeness (QED) is 0.169. The highest BCUT2D eigenvalue weighted by atomic mass is 79.9. The topological polar surface area (TPSA) is 27.0 Å². The molecule has 0 N–H and O–H groups in total. The van der Waals surface area contributed by atoms with Gasteiger partial charge in [-0.05, 0) is 151 Å². The van der Waals surface area contributed by atoms with Crippen LogP contribution in [-0.2, 0) is 5.41 Å². The van der Waals surface area contributed by atoms with E-state index in [-0.39, 0.29) is 5.41 Å². The molecular weight excluding hydrogens is 684 g/mol. The van der Waals surface area contributed by atoms with Gasteiger partial charge in [-0.15, -0.1) is 0 Å². The molecule has 8 aromatic rings. The summed E-state index contributed by atoms with van der Waals surface area (Å²) in [5.74, 6) is 0. The molecule has 0 bridgehead atoms. The zero-order valence-electron chi connectivity index (χ0n) is 29.1. The van der Waals surface area contributed by atoms with Gasteiger partial charge in [0.25, 0.3) is 0 Å². The van der Waals surface area contributed by atoms with Gasteiger partial charge in [0.1, 0.15) is 0 Å². The van der Waals surface area contributed by atoms with Crippen LogP contribution in [0.1, 0.15) is 41.7 Å². The molecule has 0 aromatic heterocycles. The molecule has 0 amide bonds. The van der Waals surface area contributed by atoms with Gasteiger partial charge in [-0.2, -0.15) is 5.26 Å². The van der Waals surface area contributed by atoms with E-state index in [1.165, 1.54) is 65.7 Å². The van der Waals surface area contributed by atoms with E-state index in [4.69, 9.17) is 0 Å². The van der Waals surface area contributed by atoms with Crippen molar-refractivity contribution in [3.05, 3.63) is 172 Å². The fraction of sp³-hybridized carbons (Fsp3) is 0.104. The van der Waals surface area contributed by atoms with Crippen LogP contribution in [0.15, 0.2) is 144 Å². The first-order chi connectivity index (χ1) is 24.7. The third-order valence-electron chi connectivity index (χ3n) is 10.9. The van der Waals surface area contributed by atoms with Crippen LogP contribution in [0.25, 0.3) is 54.6 Å². The Kier molecular flexibility index (Phi) is 7.18. The van der Waals surface area contributed by atoms with E-state index in [0.717, 1.165) is 32.7 Å². The lowest BCUT2D eigenvalue weighted by Crippen LogP contribution is -2.24. The van der Waals surface area contributed by atoms with E-state index < -0.39 is 0 Å². The molecule has 0 heterocycles. The summed E-state index contributed by atoms with van der Waals surface area (Å²) in [7, 11) is 0. The molecule has 0 fully saturated rings. The van der Waals surface area contributed by atoms with Crippen LogP contribution >= 0.6 is 15.9 Å². The Morgan fingerprint density at radius 3 is 1.92 bits per heavy atom. The average Bonchev–Trinajstić information content (AvgIpc) is 3.15. The third-order valence-corrected chi connectivity index (χ3v) is 11.4. The predicted molar refractivity (Wildman–Crippen MR) is 219 cm³/mol. The van der Waals surface area contributed by atoms with E-state index in [2.05, 4.69) is 182 Å². The zero-order valence-corrected chi connectivity index (χ0v) is 30.6. The molecule has 0 unspecified atom stereocenters. The molecule has 9 rings (SSSR count). The van der Waals surface area contributed by atoms with Gasteiger partial charge in [-0.3, -0.25) is 0 Å². The first-order valence-electron chi connectivity index (χ1n) is 17.4. The molecule has 51 heavy (non-hydrogen) atoms. The van der Waals surface area contributed by atoms with E-state index in [1.54, 1.807) is 0 Å². The highest BCUT2D eigenvalue weighted by Crippen LogP contribution is 2.53. The molecule has 244 valence electrons. The minimum atomic E-state index is -0.256. The second-order valence-corrected chi connectivity index (χ2v) is 15.2. The summed E-state index contributed by atoms with van der Waals surface area (Å²) >= 11 is 3.63. The fourth-order valence-electron chi connectivity index (χ4n) is 8.59. The van der Waals surface area contributed by atoms with Gasteiger partial charge in [0.05, 0.1) is 17.3 Å². The van der Waals surface area contributed by atoms with Gasteiger partial charge in [-0.25, -0.2) is 0 Å². The summed E-state index contributed by atoms with van der Waals surface area (Å²) in [6, 6.07) is 53.2. The van der Waals surface area contributed by atoms with Crippen molar-refractivity contribution in [2.45, 2.75) is 33.1 Å². The first kappa shape index (κ1) is 31.3. The molecule has 1 aliphatic carbocycles. The summed E-state index contributed by atoms with van der Waals surface area (Å²) in [4.78, 5) is 2.36. The van der Waals surface area contributed by atoms with E-state index in [0.29, 0.717) is 5.56 Å². The van der Waals surface area contributed by atoms with E-state index >= 15 is 0 Å². The number of rotatable bonds is 4. The van der Waals surface area contributed by atoms with Crippen LogP contribution in [0.2, 0.25) is 0 Å². The molecule has 0 radical (unpaired) electrons. The Hall–Kier alpha value is -5.69. The normalized spacial score (nSPS) is 12.9. The predicted octanol–water partition coefficient (Wildman–Crippen LogP) is 13.8. The second-order valence-electron chi connectivity index (χ2n) is 14.3. The minimum absolute atomic E-state index is 0.256. The van der Waals surface area contributed by atoms with Crippen LogP contribution in [0, 0.1) is 25.2 Å². The molecular formula is C48H35BrN2. The number of nitrogens with zero attached hydrogens (tertiary/aromatic N) is 2. The van der Waals surface area contributed by atoms with Crippen molar-refractivity contribution in [3.8, 4) is 28.3 Å². The third kappa shape index (κ3) is 4.82. The van der Waals surface area contributed by atoms with Crippen molar-refractivity contribution in [1.29, 1.82) is 5.26 Å². The summed E-state index contributed by atoms with van der Waals surface area (Å²) in [5, 5.41) is 17.4. The number of nitriles is 1. The highest BCUT2D eigenvalue weighted by Gasteiger charge is 2.35. The lowest BCUT2D eigenvalue weighted by atomic mass is 9.67. The Balaban J connectivity index is 1.32. The van der Waals surface area contributed by atoms with Gasteiger partial charge in [0.2, 0.25) is 0 Å². The minimum Gasteiger partial charge on any atom is -0.310 e. The maximum Gasteiger partial charge on any atom is 0.0991 e. The van der Waals surface area contributed by atoms with Crippen LogP contribution in [0.4, 0.5) is 17.1 Å². The Morgan fingerprint density at radius 1 is 0.549 bits per heavy atom. The van der Waals surface area contributed by atoms with E-state index in [9.17, 15) is 5.26 Å². The summed E-state index contributed by atoms with van der Waals surface area (Å²) < 4.78 is 1.08. The van der Waals surface area contributed by atoms with Crippen LogP contribution in [0.3, 0.4) is 0 Å². The number of halogens is 1. The summed E-state index contributed by atoms with van der Waals surface area (Å²) in [6.07, 6.45) is 0. The number of hydrogen-bond acceptors (Lipinski definition) is 2. The Labute approximate surface area is 307 Å². The lowest BCUT2D eigenvalue weighted by Gasteiger charge is -2.37. The number of hydrogen-bond donors (Lipinski definition) is 0. The summed E-state index contributed by atoms with van der Waals surface area (Å²) in [5.41, 5.74) is 13.5. The maximum atomic E-state index is 9.72. The number of fused-ring (bicyclic) bond motifs is 6. The largest absolute Gasteiger partial charge is 0.310 e. The molecule has 2 nitrogen and oxygen atoms in total. The first-order valence-corrected chi connectivity index (χ1v) is 18.2. The monoisotopic (exact) mass is 718 g/mol. The maximum absolute atomic E-state index is 9.72. The van der Waals surface area contributed by atoms with Crippen molar-refractivity contribution >= 4 is 65.3 Å². The molecule has 0 aliphatic heterocycles. The van der Waals surface area contributed by atoms with Gasteiger partial charge < -0.3 is 4.90 Å². The highest BCUT2D eigenvalue weighted by molar-refractivity contribution is 9.10. The molecule has 1 aliphatic rings. The second kappa shape index (κ2) is 11.7. The van der Waals surface area contributed by atoms with Gasteiger partial charge >= 0.3 is 0 Å². The number of aryl methyl sites for hydroxylation is 2. The smallest absolute Gasteiger partial charge is 0.0991 e. The average molecular weight is 720 g/mol.